The maximum Gasteiger partial charge on any atom is 0.183 e. The largest absolute Gasteiger partial charge is 0.488 e. The highest BCUT2D eigenvalue weighted by Gasteiger charge is 2.32. The second-order valence-electron chi connectivity index (χ2n) is 6.75. The summed E-state index contributed by atoms with van der Waals surface area (Å²) in [5.41, 5.74) is 0.695. The first-order valence-corrected chi connectivity index (χ1v) is 8.84. The number of aryl methyl sites for hydroxylation is 1. The van der Waals surface area contributed by atoms with Crippen LogP contribution < -0.4 is 4.74 Å². The predicted molar refractivity (Wildman–Crippen MR) is 89.0 cm³/mol. The number of ether oxygens (including phenoxy) is 4. The molecule has 1 aromatic carbocycles. The van der Waals surface area contributed by atoms with Crippen LogP contribution in [0.15, 0.2) is 12.1 Å². The molecular weight excluding hydrogens is 335 g/mol. The second kappa shape index (κ2) is 8.00. The molecule has 0 saturated carbocycles. The fourth-order valence-electron chi connectivity index (χ4n) is 2.98. The van der Waals surface area contributed by atoms with Crippen LogP contribution in [0.3, 0.4) is 0 Å². The molecule has 24 heavy (non-hydrogen) atoms. The molecule has 0 spiro atoms. The Morgan fingerprint density at radius 3 is 2.58 bits per heavy atom. The molecular formula is C18H24ClFO4. The van der Waals surface area contributed by atoms with Crippen molar-refractivity contribution in [3.8, 4) is 5.75 Å². The summed E-state index contributed by atoms with van der Waals surface area (Å²) in [7, 11) is 0. The van der Waals surface area contributed by atoms with E-state index in [-0.39, 0.29) is 29.1 Å². The zero-order valence-electron chi connectivity index (χ0n) is 14.1. The summed E-state index contributed by atoms with van der Waals surface area (Å²) in [4.78, 5) is 0. The highest BCUT2D eigenvalue weighted by Crippen LogP contribution is 2.30. The first kappa shape index (κ1) is 17.9. The average molecular weight is 359 g/mol. The van der Waals surface area contributed by atoms with E-state index < -0.39 is 5.82 Å². The fraction of sp³-hybridized carbons (Fsp3) is 0.667. The van der Waals surface area contributed by atoms with Gasteiger partial charge in [-0.1, -0.05) is 24.6 Å². The van der Waals surface area contributed by atoms with Crippen LogP contribution in [-0.4, -0.2) is 38.8 Å². The first-order chi connectivity index (χ1) is 11.5. The summed E-state index contributed by atoms with van der Waals surface area (Å²) in [6, 6.07) is 3.35. The van der Waals surface area contributed by atoms with Gasteiger partial charge in [0, 0.05) is 11.8 Å². The van der Waals surface area contributed by atoms with Gasteiger partial charge in [0.2, 0.25) is 0 Å². The molecule has 1 aromatic rings. The van der Waals surface area contributed by atoms with E-state index in [9.17, 15) is 4.39 Å². The Morgan fingerprint density at radius 2 is 1.92 bits per heavy atom. The normalized spacial score (nSPS) is 31.0. The zero-order valence-corrected chi connectivity index (χ0v) is 14.9. The van der Waals surface area contributed by atoms with Gasteiger partial charge < -0.3 is 18.9 Å². The molecule has 1 unspecified atom stereocenters. The smallest absolute Gasteiger partial charge is 0.183 e. The first-order valence-electron chi connectivity index (χ1n) is 8.46. The van der Waals surface area contributed by atoms with Crippen LogP contribution in [0, 0.1) is 24.6 Å². The summed E-state index contributed by atoms with van der Waals surface area (Å²) in [6.07, 6.45) is 1.56. The van der Waals surface area contributed by atoms with E-state index in [2.05, 4.69) is 6.92 Å². The lowest BCUT2D eigenvalue weighted by Crippen LogP contribution is -2.42. The molecule has 2 aliphatic heterocycles. The van der Waals surface area contributed by atoms with Crippen LogP contribution in [0.25, 0.3) is 0 Å². The number of hydrogen-bond donors (Lipinski definition) is 0. The minimum atomic E-state index is -0.511. The van der Waals surface area contributed by atoms with Crippen molar-refractivity contribution in [2.45, 2.75) is 39.1 Å². The average Bonchev–Trinajstić information content (AvgIpc) is 2.60. The molecule has 0 N–H and O–H groups in total. The molecule has 2 heterocycles. The molecule has 6 heteroatoms. The van der Waals surface area contributed by atoms with E-state index >= 15 is 0 Å². The Kier molecular flexibility index (Phi) is 5.98. The van der Waals surface area contributed by atoms with Crippen molar-refractivity contribution < 1.29 is 23.3 Å². The summed E-state index contributed by atoms with van der Waals surface area (Å²) >= 11 is 5.91. The SMILES string of the molecule is Cc1ccc(OC[C@@H]2CCC(C3OCC(C)CO3)CO2)c(F)c1Cl. The lowest BCUT2D eigenvalue weighted by molar-refractivity contribution is -0.239. The molecule has 0 aromatic heterocycles. The monoisotopic (exact) mass is 358 g/mol. The van der Waals surface area contributed by atoms with Gasteiger partial charge in [0.15, 0.2) is 17.9 Å². The lowest BCUT2D eigenvalue weighted by Gasteiger charge is -2.36. The molecule has 2 aliphatic rings. The van der Waals surface area contributed by atoms with Crippen LogP contribution in [-0.2, 0) is 14.2 Å². The molecule has 2 atom stereocenters. The minimum Gasteiger partial charge on any atom is -0.488 e. The van der Waals surface area contributed by atoms with Gasteiger partial charge in [-0.05, 0) is 31.4 Å². The van der Waals surface area contributed by atoms with E-state index in [0.29, 0.717) is 24.7 Å². The molecule has 4 nitrogen and oxygen atoms in total. The van der Waals surface area contributed by atoms with Gasteiger partial charge in [-0.3, -0.25) is 0 Å². The van der Waals surface area contributed by atoms with Gasteiger partial charge in [-0.25, -0.2) is 4.39 Å². The Morgan fingerprint density at radius 1 is 1.17 bits per heavy atom. The third kappa shape index (κ3) is 4.20. The molecule has 0 bridgehead atoms. The lowest BCUT2D eigenvalue weighted by atomic mass is 9.97. The summed E-state index contributed by atoms with van der Waals surface area (Å²) in [6.45, 7) is 6.23. The minimum absolute atomic E-state index is 0.0526. The molecule has 0 amide bonds. The van der Waals surface area contributed by atoms with E-state index in [1.54, 1.807) is 19.1 Å². The summed E-state index contributed by atoms with van der Waals surface area (Å²) in [5.74, 6) is 0.357. The van der Waals surface area contributed by atoms with Gasteiger partial charge in [-0.2, -0.15) is 0 Å². The van der Waals surface area contributed by atoms with Crippen molar-refractivity contribution >= 4 is 11.6 Å². The van der Waals surface area contributed by atoms with Gasteiger partial charge >= 0.3 is 0 Å². The molecule has 2 saturated heterocycles. The van der Waals surface area contributed by atoms with Gasteiger partial charge in [0.05, 0.1) is 30.9 Å². The van der Waals surface area contributed by atoms with Gasteiger partial charge in [0.25, 0.3) is 0 Å². The fourth-order valence-corrected chi connectivity index (χ4v) is 3.14. The predicted octanol–water partition coefficient (Wildman–Crippen LogP) is 3.97. The van der Waals surface area contributed by atoms with Crippen molar-refractivity contribution in [3.63, 3.8) is 0 Å². The van der Waals surface area contributed by atoms with E-state index in [1.165, 1.54) is 0 Å². The van der Waals surface area contributed by atoms with Crippen LogP contribution in [0.5, 0.6) is 5.75 Å². The van der Waals surface area contributed by atoms with Gasteiger partial charge in [-0.15, -0.1) is 0 Å². The van der Waals surface area contributed by atoms with E-state index in [1.807, 2.05) is 0 Å². The number of rotatable bonds is 4. The number of benzene rings is 1. The summed E-state index contributed by atoms with van der Waals surface area (Å²) < 4.78 is 36.9. The van der Waals surface area contributed by atoms with E-state index in [0.717, 1.165) is 26.1 Å². The standard InChI is InChI=1S/C18H24ClFO4/c1-11-7-23-18(24-8-11)13-4-5-14(21-9-13)10-22-15-6-3-12(2)16(19)17(15)20/h3,6,11,13-14,18H,4-5,7-10H2,1-2H3/t11?,13?,14-,18?/m0/s1. The summed E-state index contributed by atoms with van der Waals surface area (Å²) in [5, 5.41) is 0.109. The third-order valence-electron chi connectivity index (χ3n) is 4.55. The molecule has 0 aliphatic carbocycles. The molecule has 134 valence electrons. The van der Waals surface area contributed by atoms with Crippen molar-refractivity contribution in [2.75, 3.05) is 26.4 Å². The highest BCUT2D eigenvalue weighted by atomic mass is 35.5. The van der Waals surface area contributed by atoms with Crippen molar-refractivity contribution in [1.82, 2.24) is 0 Å². The van der Waals surface area contributed by atoms with Crippen LogP contribution in [0.4, 0.5) is 4.39 Å². The third-order valence-corrected chi connectivity index (χ3v) is 5.01. The maximum atomic E-state index is 14.0. The van der Waals surface area contributed by atoms with E-state index in [4.69, 9.17) is 30.5 Å². The molecule has 0 radical (unpaired) electrons. The molecule has 2 fully saturated rings. The number of hydrogen-bond acceptors (Lipinski definition) is 4. The van der Waals surface area contributed by atoms with Crippen molar-refractivity contribution in [1.29, 1.82) is 0 Å². The van der Waals surface area contributed by atoms with Crippen molar-refractivity contribution in [2.24, 2.45) is 11.8 Å². The van der Waals surface area contributed by atoms with Crippen molar-refractivity contribution in [3.05, 3.63) is 28.5 Å². The molecule has 3 rings (SSSR count). The Bertz CT molecular complexity index is 552. The maximum absolute atomic E-state index is 14.0. The quantitative estimate of drug-likeness (QED) is 0.816. The van der Waals surface area contributed by atoms with Crippen LogP contribution >= 0.6 is 11.6 Å². The Labute approximate surface area is 147 Å². The zero-order chi connectivity index (χ0) is 17.1. The highest BCUT2D eigenvalue weighted by molar-refractivity contribution is 6.31. The Balaban J connectivity index is 1.45. The van der Waals surface area contributed by atoms with Crippen LogP contribution in [0.2, 0.25) is 5.02 Å². The van der Waals surface area contributed by atoms with Gasteiger partial charge in [0.1, 0.15) is 6.61 Å². The second-order valence-corrected chi connectivity index (χ2v) is 7.13. The Hall–Kier alpha value is -0.880. The topological polar surface area (TPSA) is 36.9 Å². The number of halogens is 2. The van der Waals surface area contributed by atoms with Crippen LogP contribution in [0.1, 0.15) is 25.3 Å².